The maximum Gasteiger partial charge on any atom is 0.103 e. The van der Waals surface area contributed by atoms with Crippen molar-refractivity contribution in [2.45, 2.75) is 134 Å². The maximum absolute atomic E-state index is 2.89. The van der Waals surface area contributed by atoms with Gasteiger partial charge in [0.2, 0.25) is 0 Å². The lowest BCUT2D eigenvalue weighted by Crippen LogP contribution is -2.20. The Morgan fingerprint density at radius 2 is 1.03 bits per heavy atom. The fourth-order valence-corrected chi connectivity index (χ4v) is 6.60. The molecule has 0 N–H and O–H groups in total. The molecule has 4 fully saturated rings. The fourth-order valence-electron chi connectivity index (χ4n) is 6.60. The highest BCUT2D eigenvalue weighted by atomic mass is 14.3. The van der Waals surface area contributed by atoms with Crippen molar-refractivity contribution in [3.05, 3.63) is 78.8 Å². The van der Waals surface area contributed by atoms with Gasteiger partial charge in [-0.15, -0.1) is 0 Å². The van der Waals surface area contributed by atoms with E-state index in [1.165, 1.54) is 108 Å². The largest absolute Gasteiger partial charge is 0.103 e. The van der Waals surface area contributed by atoms with Crippen LogP contribution in [0.3, 0.4) is 0 Å². The minimum Gasteiger partial charge on any atom is -0.0622 e. The lowest BCUT2D eigenvalue weighted by Gasteiger charge is -2.32. The monoisotopic (exact) mass is 486 g/mol. The van der Waals surface area contributed by atoms with Gasteiger partial charge in [-0.2, -0.15) is 0 Å². The lowest BCUT2D eigenvalue weighted by molar-refractivity contribution is 0.196. The van der Waals surface area contributed by atoms with E-state index < -0.39 is 0 Å². The molecule has 0 aliphatic heterocycles. The molecule has 0 amide bonds. The van der Waals surface area contributed by atoms with Gasteiger partial charge in [0.25, 0.3) is 0 Å². The van der Waals surface area contributed by atoms with Crippen molar-refractivity contribution < 1.29 is 0 Å². The van der Waals surface area contributed by atoms with Gasteiger partial charge in [0.15, 0.2) is 0 Å². The highest BCUT2D eigenvalue weighted by molar-refractivity contribution is 5.20. The Morgan fingerprint density at radius 3 is 1.42 bits per heavy atom. The minimum atomic E-state index is 0.830. The highest BCUT2D eigenvalue weighted by Gasteiger charge is 2.24. The zero-order chi connectivity index (χ0) is 24.9. The normalized spacial score (nSPS) is 22.3. The van der Waals surface area contributed by atoms with Gasteiger partial charge in [-0.25, -0.2) is 0 Å². The second kappa shape index (κ2) is 19.3. The predicted molar refractivity (Wildman–Crippen MR) is 159 cm³/mol. The molecule has 4 saturated carbocycles. The van der Waals surface area contributed by atoms with Crippen molar-refractivity contribution in [2.24, 2.45) is 11.8 Å². The van der Waals surface area contributed by atoms with Crippen molar-refractivity contribution in [3.8, 4) is 0 Å². The second-order valence-electron chi connectivity index (χ2n) is 11.5. The molecule has 0 atom stereocenters. The molecule has 0 heterocycles. The number of allylic oxidation sites excluding steroid dienone is 6. The van der Waals surface area contributed by atoms with Gasteiger partial charge >= 0.3 is 0 Å². The van der Waals surface area contributed by atoms with Crippen LogP contribution in [-0.2, 0) is 0 Å². The summed E-state index contributed by atoms with van der Waals surface area (Å²) in [7, 11) is 0. The summed E-state index contributed by atoms with van der Waals surface area (Å²) in [6, 6.07) is 10.9. The molecule has 0 spiro atoms. The van der Waals surface area contributed by atoms with Gasteiger partial charge in [-0.1, -0.05) is 133 Å². The molecule has 0 nitrogen and oxygen atoms in total. The molecule has 36 heavy (non-hydrogen) atoms. The van der Waals surface area contributed by atoms with Crippen molar-refractivity contribution in [1.29, 1.82) is 0 Å². The van der Waals surface area contributed by atoms with Crippen molar-refractivity contribution in [3.63, 3.8) is 0 Å². The van der Waals surface area contributed by atoms with Crippen molar-refractivity contribution in [1.82, 2.24) is 0 Å². The summed E-state index contributed by atoms with van der Waals surface area (Å²) in [6.45, 7) is 0. The molecule has 0 unspecified atom stereocenters. The van der Waals surface area contributed by atoms with Crippen LogP contribution < -0.4 is 0 Å². The van der Waals surface area contributed by atoms with Crippen molar-refractivity contribution >= 4 is 0 Å². The molecule has 0 aromatic heterocycles. The highest BCUT2D eigenvalue weighted by Crippen LogP contribution is 2.38. The minimum absolute atomic E-state index is 0.830. The van der Waals surface area contributed by atoms with Gasteiger partial charge < -0.3 is 0 Å². The standard InChI is InChI=1S/C12H22.C12H15.C6H12.C6H5/c2*1-3-7-11(8-4-1)12-9-5-2-6-10-12;2*1-2-4-6-5-3-1/h11-12H,1-10H2;1-4,7-8,12H,5-6,9-10H2;1-6H2;1-5H/q;+1;;+1. The van der Waals surface area contributed by atoms with E-state index in [9.17, 15) is 0 Å². The van der Waals surface area contributed by atoms with Gasteiger partial charge in [0.05, 0.1) is 19.3 Å². The molecule has 1 aromatic rings. The van der Waals surface area contributed by atoms with Crippen LogP contribution in [0.2, 0.25) is 0 Å². The molecule has 1 aromatic carbocycles. The maximum atomic E-state index is 2.89. The van der Waals surface area contributed by atoms with Gasteiger partial charge in [-0.3, -0.25) is 0 Å². The third-order valence-corrected chi connectivity index (χ3v) is 8.78. The van der Waals surface area contributed by atoms with E-state index in [4.69, 9.17) is 0 Å². The first-order valence-electron chi connectivity index (χ1n) is 15.7. The third kappa shape index (κ3) is 12.5. The van der Waals surface area contributed by atoms with Crippen LogP contribution in [0, 0.1) is 24.3 Å². The number of benzene rings is 1. The predicted octanol–water partition coefficient (Wildman–Crippen LogP) is 11.5. The first kappa shape index (κ1) is 28.8. The van der Waals surface area contributed by atoms with Gasteiger partial charge in [0, 0.05) is 24.3 Å². The van der Waals surface area contributed by atoms with Crippen LogP contribution >= 0.6 is 0 Å². The number of rotatable bonds is 2. The van der Waals surface area contributed by atoms with E-state index in [0.29, 0.717) is 0 Å². The molecule has 5 aliphatic carbocycles. The quantitative estimate of drug-likeness (QED) is 0.365. The molecule has 6 rings (SSSR count). The van der Waals surface area contributed by atoms with Crippen LogP contribution in [0.1, 0.15) is 140 Å². The van der Waals surface area contributed by atoms with Crippen LogP contribution in [-0.4, -0.2) is 0 Å². The summed E-state index contributed by atoms with van der Waals surface area (Å²) >= 11 is 0. The molecule has 5 aliphatic rings. The van der Waals surface area contributed by atoms with E-state index in [-0.39, 0.29) is 0 Å². The second-order valence-corrected chi connectivity index (χ2v) is 11.5. The van der Waals surface area contributed by atoms with E-state index in [2.05, 4.69) is 42.8 Å². The zero-order valence-electron chi connectivity index (χ0n) is 23.2. The van der Waals surface area contributed by atoms with Crippen molar-refractivity contribution in [2.75, 3.05) is 0 Å². The third-order valence-electron chi connectivity index (χ3n) is 8.78. The summed E-state index contributed by atoms with van der Waals surface area (Å²) in [5.74, 6) is 3.11. The van der Waals surface area contributed by atoms with E-state index in [0.717, 1.165) is 17.8 Å². The summed E-state index contributed by atoms with van der Waals surface area (Å²) in [6.07, 6.45) is 44.6. The molecular formula is C36H54+2. The van der Waals surface area contributed by atoms with Crippen LogP contribution in [0.25, 0.3) is 0 Å². The van der Waals surface area contributed by atoms with Crippen LogP contribution in [0.5, 0.6) is 0 Å². The Balaban J connectivity index is 0.000000141. The Morgan fingerprint density at radius 1 is 0.528 bits per heavy atom. The first-order chi connectivity index (χ1) is 17.9. The molecule has 0 radical (unpaired) electrons. The Labute approximate surface area is 224 Å². The molecule has 196 valence electrons. The lowest BCUT2D eigenvalue weighted by atomic mass is 9.73. The summed E-state index contributed by atoms with van der Waals surface area (Å²) in [4.78, 5) is 0. The topological polar surface area (TPSA) is 0 Å². The smallest absolute Gasteiger partial charge is 0.0622 e. The SMILES string of the molecule is C1CCC(C2CCCCC2)CC1.C1CCCCC1.[C+]1=CC=CC=C1.c1ccc(C2CC[CH+]CC2)cc1. The van der Waals surface area contributed by atoms with Gasteiger partial charge in [-0.05, 0) is 36.2 Å². The molecule has 0 saturated heterocycles. The summed E-state index contributed by atoms with van der Waals surface area (Å²) < 4.78 is 0. The first-order valence-corrected chi connectivity index (χ1v) is 15.7. The zero-order valence-corrected chi connectivity index (χ0v) is 23.2. The van der Waals surface area contributed by atoms with E-state index in [1.54, 1.807) is 25.7 Å². The summed E-state index contributed by atoms with van der Waals surface area (Å²) in [5.41, 5.74) is 1.53. The molecule has 0 bridgehead atoms. The van der Waals surface area contributed by atoms with E-state index >= 15 is 0 Å². The van der Waals surface area contributed by atoms with Gasteiger partial charge in [0.1, 0.15) is 12.2 Å². The average molecular weight is 487 g/mol. The Hall–Kier alpha value is -1.78. The number of hydrogen-bond acceptors (Lipinski definition) is 0. The van der Waals surface area contributed by atoms with Crippen LogP contribution in [0.4, 0.5) is 0 Å². The Bertz CT molecular complexity index is 638. The average Bonchev–Trinajstić information content (AvgIpc) is 3.02. The van der Waals surface area contributed by atoms with E-state index in [1.807, 2.05) is 30.4 Å². The fraction of sp³-hybridized carbons (Fsp3) is 0.639. The summed E-state index contributed by atoms with van der Waals surface area (Å²) in [5, 5.41) is 0. The Kier molecular flexibility index (Phi) is 15.5. The molecule has 0 heteroatoms. The number of hydrogen-bond donors (Lipinski definition) is 0. The molecular weight excluding hydrogens is 432 g/mol. The van der Waals surface area contributed by atoms with Crippen LogP contribution in [0.15, 0.2) is 60.7 Å².